The van der Waals surface area contributed by atoms with Crippen molar-refractivity contribution in [1.29, 1.82) is 5.26 Å². The third-order valence-corrected chi connectivity index (χ3v) is 24.9. The molecule has 16 aromatic rings. The van der Waals surface area contributed by atoms with Gasteiger partial charge in [0.05, 0.1) is 80.9 Å². The fourth-order valence-electron chi connectivity index (χ4n) is 16.9. The molecule has 2 fully saturated rings. The number of amides is 5. The maximum atomic E-state index is 14.4. The Morgan fingerprint density at radius 3 is 1.16 bits per heavy atom. The lowest BCUT2D eigenvalue weighted by atomic mass is 9.96. The molecule has 42 heteroatoms. The predicted molar refractivity (Wildman–Crippen MR) is 591 cm³/mol. The Bertz CT molecular complexity index is 7250. The first kappa shape index (κ1) is 111. The van der Waals surface area contributed by atoms with Gasteiger partial charge in [0.25, 0.3) is 23.6 Å². The number of carbonyl (C=O) groups is 5. The predicted octanol–water partition coefficient (Wildman–Crippen LogP) is 14.8. The molecule has 37 nitrogen and oxygen atoms in total. The number of para-hydroxylation sites is 4. The number of rotatable bonds is 29. The summed E-state index contributed by atoms with van der Waals surface area (Å²) >= 11 is 0. The Morgan fingerprint density at radius 2 is 0.762 bits per heavy atom. The summed E-state index contributed by atoms with van der Waals surface area (Å²) in [6.45, 7) is 16.1. The smallest absolute Gasteiger partial charge is 0.316 e. The van der Waals surface area contributed by atoms with Gasteiger partial charge < -0.3 is 67.7 Å². The van der Waals surface area contributed by atoms with E-state index in [4.69, 9.17) is 10.00 Å². The molecule has 760 valence electrons. The minimum atomic E-state index is -0.640. The highest BCUT2D eigenvalue weighted by Crippen LogP contribution is 2.35. The van der Waals surface area contributed by atoms with Gasteiger partial charge in [0, 0.05) is 209 Å². The minimum absolute atomic E-state index is 0. The number of anilines is 6. The van der Waals surface area contributed by atoms with E-state index >= 15 is 0 Å². The van der Waals surface area contributed by atoms with Crippen LogP contribution in [0.1, 0.15) is 153 Å². The summed E-state index contributed by atoms with van der Waals surface area (Å²) in [5.41, 5.74) is 15.4. The lowest BCUT2D eigenvalue weighted by Gasteiger charge is -2.31. The Hall–Kier alpha value is -16.0. The molecule has 2 aliphatic rings. The van der Waals surface area contributed by atoms with Crippen LogP contribution in [0.3, 0.4) is 0 Å². The fourth-order valence-corrected chi connectivity index (χ4v) is 16.9. The van der Waals surface area contributed by atoms with Gasteiger partial charge in [0.2, 0.25) is 5.91 Å². The molecule has 0 spiro atoms. The van der Waals surface area contributed by atoms with Gasteiger partial charge in [-0.1, -0.05) is 113 Å². The molecule has 18 rings (SSSR count). The molecule has 0 radical (unpaired) electrons. The zero-order chi connectivity index (χ0) is 100. The molecule has 0 bridgehead atoms. The van der Waals surface area contributed by atoms with Gasteiger partial charge in [-0.15, -0.1) is 0 Å². The quantitative estimate of drug-likeness (QED) is 0.0208. The van der Waals surface area contributed by atoms with E-state index in [1.54, 1.807) is 77.3 Å². The Labute approximate surface area is 878 Å². The molecule has 0 unspecified atom stereocenters. The highest BCUT2D eigenvalue weighted by Gasteiger charge is 2.27. The lowest BCUT2D eigenvalue weighted by Crippen LogP contribution is -2.41. The number of benzene rings is 5. The number of hydrogen-bond acceptors (Lipinski definition) is 32. The molecule has 147 heavy (non-hydrogen) atoms. The summed E-state index contributed by atoms with van der Waals surface area (Å²) < 4.78 is 19.4. The lowest BCUT2D eigenvalue weighted by molar-refractivity contribution is -0.129. The number of pyridine rings is 4. The van der Waals surface area contributed by atoms with Crippen molar-refractivity contribution in [1.82, 2.24) is 121 Å². The third kappa shape index (κ3) is 28.2. The van der Waals surface area contributed by atoms with Crippen molar-refractivity contribution in [2.24, 2.45) is 0 Å². The number of fused-ring (bicyclic) bond motifs is 4. The summed E-state index contributed by atoms with van der Waals surface area (Å²) in [6, 6.07) is 50.7. The molecule has 5 amide bonds. The first-order valence-electron chi connectivity index (χ1n) is 46.9. The summed E-state index contributed by atoms with van der Waals surface area (Å²) in [4.78, 5) is 143. The molecule has 11 aromatic heterocycles. The molecule has 2 saturated heterocycles. The van der Waals surface area contributed by atoms with Crippen molar-refractivity contribution >= 4 is 162 Å². The first-order chi connectivity index (χ1) is 69.5. The molecular weight excluding hydrogens is 1940 g/mol. The van der Waals surface area contributed by atoms with E-state index in [0.29, 0.717) is 101 Å². The van der Waals surface area contributed by atoms with Crippen molar-refractivity contribution in [3.8, 4) is 57.1 Å². The molecule has 5 aromatic carbocycles. The van der Waals surface area contributed by atoms with E-state index in [1.165, 1.54) is 45.8 Å². The summed E-state index contributed by atoms with van der Waals surface area (Å²) in [5, 5.41) is 42.7. The van der Waals surface area contributed by atoms with E-state index in [9.17, 15) is 28.4 Å². The minimum Gasteiger partial charge on any atom is -0.467 e. The Morgan fingerprint density at radius 1 is 0.395 bits per heavy atom. The Balaban J connectivity index is 0.000000186. The van der Waals surface area contributed by atoms with Crippen molar-refractivity contribution in [3.05, 3.63) is 283 Å². The number of hydrogen-bond donors (Lipinski definition) is 10. The highest BCUT2D eigenvalue weighted by atomic mass is 32.1. The topological polar surface area (TPSA) is 477 Å². The van der Waals surface area contributed by atoms with Crippen molar-refractivity contribution in [2.45, 2.75) is 96.1 Å². The van der Waals surface area contributed by atoms with Gasteiger partial charge in [-0.2, -0.15) is 59.2 Å². The van der Waals surface area contributed by atoms with Crippen LogP contribution in [0.5, 0.6) is 6.01 Å². The van der Waals surface area contributed by atoms with E-state index < -0.39 is 11.7 Å². The maximum Gasteiger partial charge on any atom is 0.316 e. The van der Waals surface area contributed by atoms with Gasteiger partial charge in [-0.3, -0.25) is 33.9 Å². The Kier molecular flexibility index (Phi) is 40.6. The molecule has 4 atom stereocenters. The van der Waals surface area contributed by atoms with Gasteiger partial charge in [-0.05, 0) is 111 Å². The number of piperidine rings is 2. The van der Waals surface area contributed by atoms with E-state index in [-0.39, 0.29) is 107 Å². The number of methoxy groups -OCH3 is 1. The summed E-state index contributed by atoms with van der Waals surface area (Å²) in [6.07, 6.45) is 22.7. The van der Waals surface area contributed by atoms with E-state index in [0.717, 1.165) is 170 Å². The molecule has 10 N–H and O–H groups in total. The molecule has 2 aliphatic heterocycles. The molecule has 13 heterocycles. The van der Waals surface area contributed by atoms with Gasteiger partial charge in [0.15, 0.2) is 5.82 Å². The van der Waals surface area contributed by atoms with Crippen LogP contribution in [0.15, 0.2) is 227 Å². The van der Waals surface area contributed by atoms with Gasteiger partial charge >= 0.3 is 6.01 Å². The highest BCUT2D eigenvalue weighted by molar-refractivity contribution is 7.59. The average molecular weight is 2060 g/mol. The zero-order valence-electron chi connectivity index (χ0n) is 83.0. The fraction of sp³-hybridized carbons (Fsp3) is 0.276. The second-order valence-corrected chi connectivity index (χ2v) is 34.5. The van der Waals surface area contributed by atoms with Crippen LogP contribution >= 0.6 is 54.0 Å². The van der Waals surface area contributed by atoms with Crippen LogP contribution in [0.25, 0.3) is 88.6 Å². The summed E-state index contributed by atoms with van der Waals surface area (Å²) in [7, 11) is 9.95. The van der Waals surface area contributed by atoms with E-state index in [1.807, 2.05) is 139 Å². The number of halogens is 1. The van der Waals surface area contributed by atoms with Crippen LogP contribution in [0.2, 0.25) is 0 Å². The number of carbonyl (C=O) groups excluding carboxylic acids is 5. The van der Waals surface area contributed by atoms with Crippen molar-refractivity contribution < 1.29 is 33.1 Å². The van der Waals surface area contributed by atoms with Crippen LogP contribution in [0, 0.1) is 17.1 Å². The van der Waals surface area contributed by atoms with Crippen LogP contribution in [0.4, 0.5) is 39.3 Å². The second kappa shape index (κ2) is 53.6. The number of ether oxygens (including phenoxy) is 1. The van der Waals surface area contributed by atoms with Crippen LogP contribution < -0.4 is 57.9 Å². The average Bonchev–Trinajstić information content (AvgIpc) is 0.585. The number of nitrogens with one attached hydrogen (secondary N) is 10. The monoisotopic (exact) mass is 2060 g/mol. The zero-order valence-corrected chi connectivity index (χ0v) is 87.0. The normalized spacial score (nSPS) is 13.0. The van der Waals surface area contributed by atoms with Crippen LogP contribution in [-0.4, -0.2) is 236 Å². The molecule has 0 aliphatic carbocycles. The van der Waals surface area contributed by atoms with Gasteiger partial charge in [0.1, 0.15) is 84.3 Å². The van der Waals surface area contributed by atoms with Crippen LogP contribution in [-0.2, 0) is 4.79 Å². The maximum absolute atomic E-state index is 14.4. The van der Waals surface area contributed by atoms with Crippen molar-refractivity contribution in [3.63, 3.8) is 0 Å². The van der Waals surface area contributed by atoms with Crippen molar-refractivity contribution in [2.75, 3.05) is 127 Å². The summed E-state index contributed by atoms with van der Waals surface area (Å²) in [5.74, 6) is 3.20. The number of aromatic nitrogens is 18. The SMILES string of the molecule is CNC(=O)c1c(F)cnc2c([C@H](C)CNc3cc(-c4ccc(NC5CCN(C)CC5)nc4)ncn3)cccc12.CNC(=O)c1ccnc2c([C@H](C)CNc3cc(-c4ccc(NC5CCN(C(C)=O)CC5)nc4)ncn3)cccc12.CNC(=O)c1ncnc2c([C@H](C)CNc3cc(-c4ccc(C#N)cc4)ncn3)cccc12.CNC(=O)c1ncnc2c([C@H](C)CNc3cc(-c4cnc(OC)nc4)ncn3)cccc12.S.S.S.S. The standard InChI is InChI=1S/C30H34N8O2.C29H33FN8O.C24H21N7O.C22H22N8O2.4H2S/c1-19(23-5-4-6-24-25(30(40)31-3)9-12-32-29(23)24)16-33-28-15-26(35-18-36-28)21-7-8-27(34-17-21)37-22-10-13-38(14-11-22)20(2)39;1-18(21-5-4-6-22-27(29(39)31-2)23(30)16-34-28(21)22)14-32-26-13-24(35-17-36-26)19-7-8-25(33-15-19)37-20-9-11-38(3)12-10-20;1-15(18-4-3-5-19-22(18)30-14-31-23(19)24(32)26-2)12-27-21-10-20(28-13-29-21)17-8-6-16(11-25)7-9-17;1-13(15-5-4-6-16-19(15)29-12-30-20(16)21(31)23-2)8-24-18-7-17(27-11-28-18)14-9-25-22(32-3)26-10-14;;;;/h4-9,12,15,17-19,22H,10-11,13-14,16H2,1-3H3,(H,31,40)(H,34,37)(H,33,35,36);4-8,13,15-18,20H,9-12,14H2,1-3H3,(H,31,39)(H,33,37)(H,32,35,36);3-10,13-15H,12H2,1-2H3,(H,26,32)(H,27,28,29);4-7,9-13H,8H2,1-3H3,(H,23,31)(H,24,27,28);4*1H2/t19-;18-;15-;13-;;;;/m1111..../s1. The largest absolute Gasteiger partial charge is 0.467 e. The second-order valence-electron chi connectivity index (χ2n) is 34.5. The molecular formula is C105H118FN31O6S4. The first-order valence-corrected chi connectivity index (χ1v) is 46.9. The number of nitrogens with zero attached hydrogens (tertiary/aromatic N) is 21. The number of likely N-dealkylation sites (tertiary alicyclic amines) is 2. The van der Waals surface area contributed by atoms with E-state index in [2.05, 4.69) is 195 Å². The number of nitriles is 1. The van der Waals surface area contributed by atoms with Gasteiger partial charge in [-0.25, -0.2) is 84.1 Å². The third-order valence-electron chi connectivity index (χ3n) is 24.9. The molecule has 0 saturated carbocycles.